The Labute approximate surface area is 69.6 Å². The van der Waals surface area contributed by atoms with Crippen LogP contribution in [0.1, 0.15) is 19.8 Å². The van der Waals surface area contributed by atoms with Crippen molar-refractivity contribution in [3.63, 3.8) is 0 Å². The zero-order chi connectivity index (χ0) is 9.30. The van der Waals surface area contributed by atoms with Gasteiger partial charge in [-0.2, -0.15) is 0 Å². The molecule has 1 aliphatic rings. The van der Waals surface area contributed by atoms with Crippen LogP contribution in [-0.4, -0.2) is 39.3 Å². The molecular weight excluding hydrogens is 162 g/mol. The van der Waals surface area contributed by atoms with E-state index >= 15 is 0 Å². The number of amides is 1. The highest BCUT2D eigenvalue weighted by molar-refractivity contribution is 5.83. The van der Waals surface area contributed by atoms with E-state index in [1.54, 1.807) is 0 Å². The second-order valence-electron chi connectivity index (χ2n) is 2.84. The second-order valence-corrected chi connectivity index (χ2v) is 2.84. The number of nitrogens with zero attached hydrogens (tertiary/aromatic N) is 1. The fraction of sp³-hybridized carbons (Fsp3) is 0.714. The third kappa shape index (κ3) is 1.40. The van der Waals surface area contributed by atoms with Crippen molar-refractivity contribution in [1.29, 1.82) is 0 Å². The maximum Gasteiger partial charge on any atom is 0.326 e. The Morgan fingerprint density at radius 2 is 2.00 bits per heavy atom. The lowest BCUT2D eigenvalue weighted by Crippen LogP contribution is -2.43. The summed E-state index contributed by atoms with van der Waals surface area (Å²) in [6.45, 7) is 1.25. The minimum absolute atomic E-state index is 0.329. The topological polar surface area (TPSA) is 77.8 Å². The van der Waals surface area contributed by atoms with Crippen LogP contribution in [0.2, 0.25) is 0 Å². The van der Waals surface area contributed by atoms with E-state index in [0.29, 0.717) is 12.8 Å². The van der Waals surface area contributed by atoms with E-state index in [1.165, 1.54) is 6.92 Å². The van der Waals surface area contributed by atoms with Crippen LogP contribution < -0.4 is 0 Å². The molecule has 0 spiro atoms. The summed E-state index contributed by atoms with van der Waals surface area (Å²) >= 11 is 0. The summed E-state index contributed by atoms with van der Waals surface area (Å²) < 4.78 is 0. The smallest absolute Gasteiger partial charge is 0.326 e. The van der Waals surface area contributed by atoms with Crippen LogP contribution in [0, 0.1) is 0 Å². The van der Waals surface area contributed by atoms with Gasteiger partial charge in [0, 0.05) is 6.92 Å². The summed E-state index contributed by atoms with van der Waals surface area (Å²) in [4.78, 5) is 22.4. The zero-order valence-electron chi connectivity index (χ0n) is 6.73. The van der Waals surface area contributed by atoms with Crippen molar-refractivity contribution >= 4 is 11.9 Å². The predicted octanol–water partition coefficient (Wildman–Crippen LogP) is -0.600. The molecule has 1 fully saturated rings. The quantitative estimate of drug-likeness (QED) is 0.555. The number of carbonyl (C=O) groups excluding carboxylic acids is 1. The SMILES string of the molecule is CC(=O)N1[C@H](O)CC[C@H]1C(=O)O. The normalized spacial score (nSPS) is 29.0. The lowest BCUT2D eigenvalue weighted by molar-refractivity contribution is -0.153. The van der Waals surface area contributed by atoms with Crippen LogP contribution in [0.25, 0.3) is 0 Å². The van der Waals surface area contributed by atoms with Crippen molar-refractivity contribution in [3.8, 4) is 0 Å². The number of carbonyl (C=O) groups is 2. The number of rotatable bonds is 1. The Morgan fingerprint density at radius 3 is 2.33 bits per heavy atom. The van der Waals surface area contributed by atoms with Crippen molar-refractivity contribution in [1.82, 2.24) is 4.90 Å². The molecule has 1 heterocycles. The van der Waals surface area contributed by atoms with Crippen LogP contribution in [0.4, 0.5) is 0 Å². The van der Waals surface area contributed by atoms with Crippen molar-refractivity contribution in [2.45, 2.75) is 32.0 Å². The second kappa shape index (κ2) is 3.10. The molecule has 5 nitrogen and oxygen atoms in total. The van der Waals surface area contributed by atoms with Gasteiger partial charge in [-0.05, 0) is 12.8 Å². The lowest BCUT2D eigenvalue weighted by Gasteiger charge is -2.22. The van der Waals surface area contributed by atoms with Gasteiger partial charge in [-0.25, -0.2) is 4.79 Å². The van der Waals surface area contributed by atoms with E-state index in [1.807, 2.05) is 0 Å². The molecule has 12 heavy (non-hydrogen) atoms. The summed E-state index contributed by atoms with van der Waals surface area (Å²) in [6, 6.07) is -0.850. The van der Waals surface area contributed by atoms with E-state index in [4.69, 9.17) is 5.11 Å². The molecule has 0 aliphatic carbocycles. The average molecular weight is 173 g/mol. The number of likely N-dealkylation sites (tertiary alicyclic amines) is 1. The van der Waals surface area contributed by atoms with Gasteiger partial charge in [0.15, 0.2) is 0 Å². The minimum Gasteiger partial charge on any atom is -0.480 e. The third-order valence-corrected chi connectivity index (χ3v) is 2.00. The van der Waals surface area contributed by atoms with Gasteiger partial charge in [-0.1, -0.05) is 0 Å². The Bertz CT molecular complexity index is 215. The molecule has 0 aromatic heterocycles. The fourth-order valence-corrected chi connectivity index (χ4v) is 1.46. The highest BCUT2D eigenvalue weighted by Crippen LogP contribution is 2.22. The standard InChI is InChI=1S/C7H11NO4/c1-4(9)8-5(7(11)12)2-3-6(8)10/h5-6,10H,2-3H2,1H3,(H,11,12)/t5-,6+/m0/s1. The average Bonchev–Trinajstić information content (AvgIpc) is 2.30. The number of aliphatic hydroxyl groups is 1. The summed E-state index contributed by atoms with van der Waals surface area (Å²) in [7, 11) is 0. The minimum atomic E-state index is -1.05. The van der Waals surface area contributed by atoms with E-state index in [2.05, 4.69) is 0 Å². The van der Waals surface area contributed by atoms with Crippen molar-refractivity contribution in [2.24, 2.45) is 0 Å². The molecule has 5 heteroatoms. The monoisotopic (exact) mass is 173 g/mol. The van der Waals surface area contributed by atoms with Gasteiger partial charge in [0.25, 0.3) is 0 Å². The molecule has 68 valence electrons. The van der Waals surface area contributed by atoms with Gasteiger partial charge in [0.2, 0.25) is 5.91 Å². The van der Waals surface area contributed by atoms with Gasteiger partial charge < -0.3 is 15.1 Å². The van der Waals surface area contributed by atoms with Gasteiger partial charge in [-0.15, -0.1) is 0 Å². The predicted molar refractivity (Wildman–Crippen MR) is 39.2 cm³/mol. The largest absolute Gasteiger partial charge is 0.480 e. The Balaban J connectivity index is 2.77. The highest BCUT2D eigenvalue weighted by atomic mass is 16.4. The van der Waals surface area contributed by atoms with Gasteiger partial charge in [0.05, 0.1) is 0 Å². The molecule has 1 saturated heterocycles. The number of aliphatic hydroxyl groups excluding tert-OH is 1. The summed E-state index contributed by atoms with van der Waals surface area (Å²) in [5.74, 6) is -1.45. The molecule has 0 radical (unpaired) electrons. The molecule has 0 bridgehead atoms. The lowest BCUT2D eigenvalue weighted by atomic mass is 10.2. The Hall–Kier alpha value is -1.10. The molecule has 0 saturated carbocycles. The molecule has 1 rings (SSSR count). The fourth-order valence-electron chi connectivity index (χ4n) is 1.46. The van der Waals surface area contributed by atoms with Gasteiger partial charge >= 0.3 is 5.97 Å². The van der Waals surface area contributed by atoms with E-state index in [0.717, 1.165) is 4.90 Å². The van der Waals surface area contributed by atoms with Crippen LogP contribution in [0.5, 0.6) is 0 Å². The zero-order valence-corrected chi connectivity index (χ0v) is 6.73. The van der Waals surface area contributed by atoms with Crippen molar-refractivity contribution in [3.05, 3.63) is 0 Å². The Kier molecular flexibility index (Phi) is 2.32. The maximum atomic E-state index is 10.9. The summed E-state index contributed by atoms with van der Waals surface area (Å²) in [5.41, 5.74) is 0. The van der Waals surface area contributed by atoms with Crippen LogP contribution in [0.3, 0.4) is 0 Å². The summed E-state index contributed by atoms with van der Waals surface area (Å²) in [5, 5.41) is 17.9. The van der Waals surface area contributed by atoms with Crippen LogP contribution >= 0.6 is 0 Å². The first-order valence-corrected chi connectivity index (χ1v) is 3.74. The first-order chi connectivity index (χ1) is 5.54. The first kappa shape index (κ1) is 8.99. The van der Waals surface area contributed by atoms with E-state index in [-0.39, 0.29) is 0 Å². The molecule has 1 amide bonds. The molecule has 1 aliphatic heterocycles. The number of aliphatic carboxylic acids is 1. The third-order valence-electron chi connectivity index (χ3n) is 2.00. The Morgan fingerprint density at radius 1 is 1.42 bits per heavy atom. The number of hydrogen-bond donors (Lipinski definition) is 2. The first-order valence-electron chi connectivity index (χ1n) is 3.74. The van der Waals surface area contributed by atoms with Crippen LogP contribution in [0.15, 0.2) is 0 Å². The van der Waals surface area contributed by atoms with Crippen molar-refractivity contribution in [2.75, 3.05) is 0 Å². The van der Waals surface area contributed by atoms with Crippen molar-refractivity contribution < 1.29 is 19.8 Å². The van der Waals surface area contributed by atoms with E-state index < -0.39 is 24.1 Å². The van der Waals surface area contributed by atoms with Crippen LogP contribution in [-0.2, 0) is 9.59 Å². The summed E-state index contributed by atoms with van der Waals surface area (Å²) in [6.07, 6.45) is -0.254. The molecule has 0 aromatic rings. The molecular formula is C7H11NO4. The van der Waals surface area contributed by atoms with E-state index in [9.17, 15) is 14.7 Å². The maximum absolute atomic E-state index is 10.9. The molecule has 0 aromatic carbocycles. The number of carboxylic acid groups (broad SMARTS) is 1. The van der Waals surface area contributed by atoms with Gasteiger partial charge in [-0.3, -0.25) is 4.79 Å². The molecule has 2 N–H and O–H groups in total. The molecule has 2 atom stereocenters. The number of hydrogen-bond acceptors (Lipinski definition) is 3. The highest BCUT2D eigenvalue weighted by Gasteiger charge is 2.38. The van der Waals surface area contributed by atoms with Gasteiger partial charge in [0.1, 0.15) is 12.3 Å². The molecule has 0 unspecified atom stereocenters. The number of carboxylic acids is 1.